The molecule has 0 saturated carbocycles. The maximum absolute atomic E-state index is 11.9. The van der Waals surface area contributed by atoms with Gasteiger partial charge < -0.3 is 9.64 Å². The van der Waals surface area contributed by atoms with Gasteiger partial charge in [-0.2, -0.15) is 0 Å². The quantitative estimate of drug-likeness (QED) is 0.711. The summed E-state index contributed by atoms with van der Waals surface area (Å²) >= 11 is 0. The summed E-state index contributed by atoms with van der Waals surface area (Å²) in [5, 5.41) is 0. The van der Waals surface area contributed by atoms with Gasteiger partial charge in [-0.3, -0.25) is 9.59 Å². The normalized spacial score (nSPS) is 9.62. The van der Waals surface area contributed by atoms with E-state index in [4.69, 9.17) is 0 Å². The van der Waals surface area contributed by atoms with Crippen molar-refractivity contribution >= 4 is 12.4 Å². The lowest BCUT2D eigenvalue weighted by molar-refractivity contribution is -0.120. The largest absolute Gasteiger partial charge is 0.429 e. The van der Waals surface area contributed by atoms with E-state index in [-0.39, 0.29) is 5.91 Å². The van der Waals surface area contributed by atoms with E-state index >= 15 is 0 Å². The molecule has 0 heterocycles. The second-order valence-electron chi connectivity index (χ2n) is 3.22. The number of ether oxygens (including phenoxy) is 1. The lowest BCUT2D eigenvalue weighted by Crippen LogP contribution is -2.30. The predicted octanol–water partition coefficient (Wildman–Crippen LogP) is 1.70. The Balaban J connectivity index is 2.80. The molecule has 1 amide bonds. The van der Waals surface area contributed by atoms with Crippen molar-refractivity contribution in [2.45, 2.75) is 13.8 Å². The molecule has 0 aliphatic heterocycles. The second kappa shape index (κ2) is 5.90. The molecule has 86 valence electrons. The van der Waals surface area contributed by atoms with Crippen LogP contribution in [0.1, 0.15) is 24.2 Å². The number of carbonyl (C=O) groups excluding carboxylic acids is 2. The van der Waals surface area contributed by atoms with Crippen LogP contribution in [0.5, 0.6) is 5.75 Å². The number of rotatable bonds is 5. The Kier molecular flexibility index (Phi) is 4.51. The summed E-state index contributed by atoms with van der Waals surface area (Å²) in [6, 6.07) is 6.51. The zero-order valence-corrected chi connectivity index (χ0v) is 9.47. The number of hydrogen-bond donors (Lipinski definition) is 0. The molecule has 0 N–H and O–H groups in total. The highest BCUT2D eigenvalue weighted by Crippen LogP contribution is 2.13. The fourth-order valence-corrected chi connectivity index (χ4v) is 1.43. The second-order valence-corrected chi connectivity index (χ2v) is 3.22. The first-order chi connectivity index (χ1) is 7.72. The van der Waals surface area contributed by atoms with Gasteiger partial charge in [0.1, 0.15) is 5.75 Å². The molecular formula is C12H15NO3. The van der Waals surface area contributed by atoms with Crippen molar-refractivity contribution in [3.05, 3.63) is 29.8 Å². The highest BCUT2D eigenvalue weighted by molar-refractivity contribution is 5.94. The molecule has 0 spiro atoms. The Morgan fingerprint density at radius 2 is 1.81 bits per heavy atom. The molecule has 0 fully saturated rings. The molecule has 0 aliphatic carbocycles. The predicted molar refractivity (Wildman–Crippen MR) is 60.4 cm³/mol. The van der Waals surface area contributed by atoms with E-state index < -0.39 is 0 Å². The number of hydrogen-bond acceptors (Lipinski definition) is 3. The van der Waals surface area contributed by atoms with Crippen LogP contribution in [0.4, 0.5) is 0 Å². The summed E-state index contributed by atoms with van der Waals surface area (Å²) in [7, 11) is 0. The van der Waals surface area contributed by atoms with E-state index in [1.54, 1.807) is 29.2 Å². The number of carbonyl (C=O) groups is 2. The SMILES string of the molecule is CCN(CC)C(=O)c1ccc(OC=O)cc1. The van der Waals surface area contributed by atoms with Crippen molar-refractivity contribution in [1.82, 2.24) is 4.90 Å². The van der Waals surface area contributed by atoms with Gasteiger partial charge in [0, 0.05) is 18.7 Å². The van der Waals surface area contributed by atoms with Crippen molar-refractivity contribution in [1.29, 1.82) is 0 Å². The van der Waals surface area contributed by atoms with E-state index in [1.165, 1.54) is 0 Å². The molecule has 1 aromatic carbocycles. The Morgan fingerprint density at radius 1 is 1.25 bits per heavy atom. The van der Waals surface area contributed by atoms with Gasteiger partial charge in [-0.15, -0.1) is 0 Å². The number of amides is 1. The lowest BCUT2D eigenvalue weighted by atomic mass is 10.2. The molecule has 0 atom stereocenters. The van der Waals surface area contributed by atoms with Crippen LogP contribution in [0.15, 0.2) is 24.3 Å². The van der Waals surface area contributed by atoms with Gasteiger partial charge in [0.25, 0.3) is 12.4 Å². The average Bonchev–Trinajstić information content (AvgIpc) is 2.32. The first kappa shape index (κ1) is 12.2. The molecule has 0 bridgehead atoms. The first-order valence-corrected chi connectivity index (χ1v) is 5.22. The van der Waals surface area contributed by atoms with Crippen LogP contribution < -0.4 is 4.74 Å². The van der Waals surface area contributed by atoms with E-state index in [0.717, 1.165) is 0 Å². The molecule has 1 aromatic rings. The third-order valence-electron chi connectivity index (χ3n) is 2.34. The van der Waals surface area contributed by atoms with Crippen LogP contribution in [-0.4, -0.2) is 30.4 Å². The highest BCUT2D eigenvalue weighted by Gasteiger charge is 2.11. The third kappa shape index (κ3) is 2.82. The average molecular weight is 221 g/mol. The van der Waals surface area contributed by atoms with Gasteiger partial charge in [0.05, 0.1) is 0 Å². The van der Waals surface area contributed by atoms with Crippen molar-refractivity contribution in [2.75, 3.05) is 13.1 Å². The van der Waals surface area contributed by atoms with Gasteiger partial charge >= 0.3 is 0 Å². The van der Waals surface area contributed by atoms with Crippen LogP contribution in [0.2, 0.25) is 0 Å². The lowest BCUT2D eigenvalue weighted by Gasteiger charge is -2.18. The van der Waals surface area contributed by atoms with Crippen LogP contribution >= 0.6 is 0 Å². The van der Waals surface area contributed by atoms with E-state index in [9.17, 15) is 9.59 Å². The summed E-state index contributed by atoms with van der Waals surface area (Å²) in [6.45, 7) is 5.60. The molecule has 0 aromatic heterocycles. The summed E-state index contributed by atoms with van der Waals surface area (Å²) in [4.78, 5) is 23.7. The van der Waals surface area contributed by atoms with Crippen LogP contribution in [-0.2, 0) is 4.79 Å². The fraction of sp³-hybridized carbons (Fsp3) is 0.333. The summed E-state index contributed by atoms with van der Waals surface area (Å²) < 4.78 is 4.65. The van der Waals surface area contributed by atoms with E-state index in [1.807, 2.05) is 13.8 Å². The molecule has 4 nitrogen and oxygen atoms in total. The molecule has 1 rings (SSSR count). The van der Waals surface area contributed by atoms with Crippen LogP contribution in [0.25, 0.3) is 0 Å². The summed E-state index contributed by atoms with van der Waals surface area (Å²) in [6.07, 6.45) is 0. The minimum atomic E-state index is -0.0114. The first-order valence-electron chi connectivity index (χ1n) is 5.22. The smallest absolute Gasteiger partial charge is 0.298 e. The van der Waals surface area contributed by atoms with Gasteiger partial charge in [0.2, 0.25) is 0 Å². The van der Waals surface area contributed by atoms with Crippen LogP contribution in [0.3, 0.4) is 0 Å². The van der Waals surface area contributed by atoms with E-state index in [0.29, 0.717) is 30.9 Å². The van der Waals surface area contributed by atoms with Crippen molar-refractivity contribution in [3.63, 3.8) is 0 Å². The minimum absolute atomic E-state index is 0.0114. The Morgan fingerprint density at radius 3 is 2.25 bits per heavy atom. The third-order valence-corrected chi connectivity index (χ3v) is 2.34. The van der Waals surface area contributed by atoms with Gasteiger partial charge in [-0.1, -0.05) is 0 Å². The van der Waals surface area contributed by atoms with Gasteiger partial charge in [0.15, 0.2) is 0 Å². The maximum Gasteiger partial charge on any atom is 0.298 e. The van der Waals surface area contributed by atoms with Gasteiger partial charge in [-0.25, -0.2) is 0 Å². The molecule has 0 aliphatic rings. The fourth-order valence-electron chi connectivity index (χ4n) is 1.43. The van der Waals surface area contributed by atoms with Crippen molar-refractivity contribution in [3.8, 4) is 5.75 Å². The minimum Gasteiger partial charge on any atom is -0.429 e. The van der Waals surface area contributed by atoms with Crippen molar-refractivity contribution < 1.29 is 14.3 Å². The van der Waals surface area contributed by atoms with Crippen molar-refractivity contribution in [2.24, 2.45) is 0 Å². The zero-order chi connectivity index (χ0) is 12.0. The number of benzene rings is 1. The highest BCUT2D eigenvalue weighted by atomic mass is 16.5. The Bertz CT molecular complexity index is 355. The summed E-state index contributed by atoms with van der Waals surface area (Å²) in [5.41, 5.74) is 0.599. The molecule has 0 saturated heterocycles. The Labute approximate surface area is 94.8 Å². The van der Waals surface area contributed by atoms with Crippen LogP contribution in [0, 0.1) is 0 Å². The monoisotopic (exact) mass is 221 g/mol. The molecule has 0 unspecified atom stereocenters. The number of nitrogens with zero attached hydrogens (tertiary/aromatic N) is 1. The molecule has 0 radical (unpaired) electrons. The zero-order valence-electron chi connectivity index (χ0n) is 9.47. The molecule has 4 heteroatoms. The molecule has 16 heavy (non-hydrogen) atoms. The Hall–Kier alpha value is -1.84. The summed E-state index contributed by atoms with van der Waals surface area (Å²) in [5.74, 6) is 0.425. The maximum atomic E-state index is 11.9. The van der Waals surface area contributed by atoms with E-state index in [2.05, 4.69) is 4.74 Å². The van der Waals surface area contributed by atoms with Gasteiger partial charge in [-0.05, 0) is 38.1 Å². The standard InChI is InChI=1S/C12H15NO3/c1-3-13(4-2)12(15)10-5-7-11(8-6-10)16-9-14/h5-9H,3-4H2,1-2H3. The topological polar surface area (TPSA) is 46.6 Å². The molecular weight excluding hydrogens is 206 g/mol.